The first-order chi connectivity index (χ1) is 13.2. The third-order valence-electron chi connectivity index (χ3n) is 5.22. The number of nitrogens with zero attached hydrogens (tertiary/aromatic N) is 3. The van der Waals surface area contributed by atoms with Crippen LogP contribution in [0.2, 0.25) is 0 Å². The number of hydrogen-bond donors (Lipinski definition) is 2. The Morgan fingerprint density at radius 2 is 2.04 bits per heavy atom. The molecule has 0 atom stereocenters. The van der Waals surface area contributed by atoms with E-state index in [-0.39, 0.29) is 11.5 Å². The third kappa shape index (κ3) is 4.28. The Bertz CT molecular complexity index is 866. The summed E-state index contributed by atoms with van der Waals surface area (Å²) < 4.78 is 7.19. The topological polar surface area (TPSA) is 92.2 Å². The first-order valence-corrected chi connectivity index (χ1v) is 9.59. The molecule has 27 heavy (non-hydrogen) atoms. The summed E-state index contributed by atoms with van der Waals surface area (Å²) in [5.74, 6) is 0.240. The molecule has 2 aliphatic rings. The lowest BCUT2D eigenvalue weighted by Gasteiger charge is -2.26. The first kappa shape index (κ1) is 17.9. The van der Waals surface area contributed by atoms with Gasteiger partial charge < -0.3 is 15.0 Å². The summed E-state index contributed by atoms with van der Waals surface area (Å²) in [6.07, 6.45) is 5.59. The fraction of sp³-hybridized carbons (Fsp3) is 0.526. The highest BCUT2D eigenvalue weighted by molar-refractivity contribution is 6.04. The molecule has 0 saturated carbocycles. The van der Waals surface area contributed by atoms with Crippen molar-refractivity contribution in [1.29, 1.82) is 0 Å². The minimum Gasteiger partial charge on any atom is -0.379 e. The van der Waals surface area contributed by atoms with Crippen LogP contribution >= 0.6 is 0 Å². The molecule has 144 valence electrons. The van der Waals surface area contributed by atoms with Crippen LogP contribution in [-0.2, 0) is 24.1 Å². The van der Waals surface area contributed by atoms with Crippen LogP contribution in [0.25, 0.3) is 0 Å². The molecule has 1 saturated heterocycles. The van der Waals surface area contributed by atoms with E-state index >= 15 is 0 Å². The number of aromatic amines is 1. The Labute approximate surface area is 157 Å². The molecule has 0 radical (unpaired) electrons. The van der Waals surface area contributed by atoms with Crippen molar-refractivity contribution in [2.24, 2.45) is 0 Å². The van der Waals surface area contributed by atoms with Crippen LogP contribution in [-0.4, -0.2) is 58.4 Å². The van der Waals surface area contributed by atoms with Gasteiger partial charge in [0.2, 0.25) is 5.56 Å². The molecule has 4 rings (SSSR count). The fourth-order valence-electron chi connectivity index (χ4n) is 3.75. The number of amides is 1. The van der Waals surface area contributed by atoms with Crippen LogP contribution in [0.1, 0.15) is 34.5 Å². The average molecular weight is 371 g/mol. The molecule has 8 heteroatoms. The van der Waals surface area contributed by atoms with Crippen LogP contribution in [0.15, 0.2) is 23.1 Å². The van der Waals surface area contributed by atoms with Gasteiger partial charge in [0.25, 0.3) is 5.91 Å². The maximum atomic E-state index is 12.7. The molecule has 0 bridgehead atoms. The van der Waals surface area contributed by atoms with E-state index in [4.69, 9.17) is 4.74 Å². The number of hydrogen-bond acceptors (Lipinski definition) is 5. The number of pyridine rings is 1. The Hall–Kier alpha value is -2.45. The van der Waals surface area contributed by atoms with E-state index < -0.39 is 0 Å². The van der Waals surface area contributed by atoms with Crippen molar-refractivity contribution in [1.82, 2.24) is 19.7 Å². The lowest BCUT2D eigenvalue weighted by molar-refractivity contribution is 0.0360. The van der Waals surface area contributed by atoms with E-state index in [9.17, 15) is 9.59 Å². The quantitative estimate of drug-likeness (QED) is 0.819. The van der Waals surface area contributed by atoms with E-state index in [2.05, 4.69) is 20.3 Å². The third-order valence-corrected chi connectivity index (χ3v) is 5.22. The van der Waals surface area contributed by atoms with Crippen LogP contribution < -0.4 is 10.9 Å². The monoisotopic (exact) mass is 371 g/mol. The lowest BCUT2D eigenvalue weighted by atomic mass is 9.92. The van der Waals surface area contributed by atoms with Gasteiger partial charge in [0.05, 0.1) is 25.3 Å². The van der Waals surface area contributed by atoms with Gasteiger partial charge in [-0.3, -0.25) is 19.2 Å². The number of aromatic nitrogens is 3. The highest BCUT2D eigenvalue weighted by atomic mass is 16.5. The fourth-order valence-corrected chi connectivity index (χ4v) is 3.75. The zero-order valence-electron chi connectivity index (χ0n) is 15.4. The second-order valence-electron chi connectivity index (χ2n) is 7.08. The molecule has 0 aromatic carbocycles. The number of anilines is 1. The van der Waals surface area contributed by atoms with Crippen LogP contribution in [0, 0.1) is 0 Å². The summed E-state index contributed by atoms with van der Waals surface area (Å²) >= 11 is 0. The summed E-state index contributed by atoms with van der Waals surface area (Å²) in [5, 5.41) is 7.27. The second kappa shape index (κ2) is 8.06. The molecule has 3 heterocycles. The smallest absolute Gasteiger partial charge is 0.257 e. The van der Waals surface area contributed by atoms with E-state index in [0.29, 0.717) is 11.4 Å². The number of morpholine rings is 1. The number of nitrogens with one attached hydrogen (secondary N) is 2. The highest BCUT2D eigenvalue weighted by Crippen LogP contribution is 2.22. The standard InChI is InChI=1S/C19H25N5O3/c25-18-13-15(14-3-1-2-4-16(14)20-18)19(26)21-17-5-6-24(22-17)8-7-23-9-11-27-12-10-23/h5-6,13H,1-4,7-12H2,(H,20,25)(H,21,22,26). The van der Waals surface area contributed by atoms with Crippen molar-refractivity contribution in [2.45, 2.75) is 32.2 Å². The summed E-state index contributed by atoms with van der Waals surface area (Å²) in [6.45, 7) is 5.11. The number of ether oxygens (including phenoxy) is 1. The predicted octanol–water partition coefficient (Wildman–Crippen LogP) is 1.03. The van der Waals surface area contributed by atoms with Gasteiger partial charge in [-0.2, -0.15) is 5.10 Å². The molecule has 0 spiro atoms. The SMILES string of the molecule is O=C(Nc1ccn(CCN2CCOCC2)n1)c1cc(=O)[nH]c2c1CCCC2. The summed E-state index contributed by atoms with van der Waals surface area (Å²) in [4.78, 5) is 29.8. The Kier molecular flexibility index (Phi) is 5.35. The van der Waals surface area contributed by atoms with Gasteiger partial charge in [0, 0.05) is 43.7 Å². The van der Waals surface area contributed by atoms with Gasteiger partial charge >= 0.3 is 0 Å². The van der Waals surface area contributed by atoms with Crippen molar-refractivity contribution in [2.75, 3.05) is 38.2 Å². The normalized spacial score (nSPS) is 17.5. The summed E-state index contributed by atoms with van der Waals surface area (Å²) in [5.41, 5.74) is 2.10. The molecule has 1 aliphatic carbocycles. The number of carbonyl (C=O) groups is 1. The van der Waals surface area contributed by atoms with Gasteiger partial charge in [-0.1, -0.05) is 0 Å². The molecule has 2 N–H and O–H groups in total. The van der Waals surface area contributed by atoms with Gasteiger partial charge in [0.1, 0.15) is 0 Å². The Balaban J connectivity index is 1.41. The Morgan fingerprint density at radius 1 is 1.22 bits per heavy atom. The highest BCUT2D eigenvalue weighted by Gasteiger charge is 2.20. The van der Waals surface area contributed by atoms with E-state index in [1.807, 2.05) is 10.9 Å². The van der Waals surface area contributed by atoms with E-state index in [1.165, 1.54) is 6.07 Å². The van der Waals surface area contributed by atoms with Crippen molar-refractivity contribution >= 4 is 11.7 Å². The average Bonchev–Trinajstić information content (AvgIpc) is 3.13. The van der Waals surface area contributed by atoms with E-state index in [1.54, 1.807) is 6.07 Å². The predicted molar refractivity (Wildman–Crippen MR) is 101 cm³/mol. The van der Waals surface area contributed by atoms with E-state index in [0.717, 1.165) is 76.3 Å². The minimum atomic E-state index is -0.266. The number of carbonyl (C=O) groups excluding carboxylic acids is 1. The maximum absolute atomic E-state index is 12.7. The molecule has 1 aliphatic heterocycles. The number of aryl methyl sites for hydroxylation is 1. The molecule has 2 aromatic heterocycles. The van der Waals surface area contributed by atoms with Crippen LogP contribution in [0.3, 0.4) is 0 Å². The largest absolute Gasteiger partial charge is 0.379 e. The zero-order chi connectivity index (χ0) is 18.6. The molecule has 0 unspecified atom stereocenters. The lowest BCUT2D eigenvalue weighted by Crippen LogP contribution is -2.38. The van der Waals surface area contributed by atoms with Crippen molar-refractivity contribution in [3.05, 3.63) is 45.5 Å². The van der Waals surface area contributed by atoms with Gasteiger partial charge in [-0.25, -0.2) is 0 Å². The minimum absolute atomic E-state index is 0.225. The summed E-state index contributed by atoms with van der Waals surface area (Å²) in [7, 11) is 0. The maximum Gasteiger partial charge on any atom is 0.257 e. The van der Waals surface area contributed by atoms with Gasteiger partial charge in [-0.15, -0.1) is 0 Å². The second-order valence-corrected chi connectivity index (χ2v) is 7.08. The summed E-state index contributed by atoms with van der Waals surface area (Å²) in [6, 6.07) is 3.19. The van der Waals surface area contributed by atoms with Gasteiger partial charge in [0.15, 0.2) is 5.82 Å². The van der Waals surface area contributed by atoms with Crippen molar-refractivity contribution < 1.29 is 9.53 Å². The first-order valence-electron chi connectivity index (χ1n) is 9.59. The molecule has 1 fully saturated rings. The van der Waals surface area contributed by atoms with Gasteiger partial charge in [-0.05, 0) is 31.2 Å². The molecular formula is C19H25N5O3. The van der Waals surface area contributed by atoms with Crippen LogP contribution in [0.5, 0.6) is 0 Å². The number of H-pyrrole nitrogens is 1. The Morgan fingerprint density at radius 3 is 2.89 bits per heavy atom. The number of fused-ring (bicyclic) bond motifs is 1. The molecular weight excluding hydrogens is 346 g/mol. The van der Waals surface area contributed by atoms with Crippen LogP contribution in [0.4, 0.5) is 5.82 Å². The number of rotatable bonds is 5. The van der Waals surface area contributed by atoms with Crippen molar-refractivity contribution in [3.8, 4) is 0 Å². The molecule has 2 aromatic rings. The van der Waals surface area contributed by atoms with Crippen molar-refractivity contribution in [3.63, 3.8) is 0 Å². The zero-order valence-corrected chi connectivity index (χ0v) is 15.4. The molecule has 8 nitrogen and oxygen atoms in total. The molecule has 1 amide bonds.